The number of hydrogen-bond acceptors (Lipinski definition) is 1. The molecular formula is C18H34O2. The molecule has 0 bridgehead atoms. The van der Waals surface area contributed by atoms with Gasteiger partial charge in [-0.05, 0) is 32.1 Å². The minimum Gasteiger partial charge on any atom is -0.481 e. The van der Waals surface area contributed by atoms with Crippen LogP contribution in [0.15, 0.2) is 12.2 Å². The van der Waals surface area contributed by atoms with E-state index in [1.807, 2.05) is 0 Å². The van der Waals surface area contributed by atoms with Crippen LogP contribution >= 0.6 is 0 Å². The van der Waals surface area contributed by atoms with Crippen LogP contribution in [0.5, 0.6) is 0 Å². The number of allylic oxidation sites excluding steroid dienone is 2. The second kappa shape index (κ2) is 16.3. The Morgan fingerprint density at radius 3 is 1.95 bits per heavy atom. The molecule has 0 atom stereocenters. The molecule has 0 saturated heterocycles. The molecular weight excluding hydrogens is 248 g/mol. The number of carboxylic acid groups (broad SMARTS) is 1. The molecule has 0 rings (SSSR count). The fourth-order valence-corrected chi connectivity index (χ4v) is 2.13. The van der Waals surface area contributed by atoms with Crippen molar-refractivity contribution in [1.82, 2.24) is 0 Å². The molecule has 0 heterocycles. The minimum absolute atomic E-state index is 0.103. The van der Waals surface area contributed by atoms with E-state index in [1.165, 1.54) is 0 Å². The molecule has 20 heavy (non-hydrogen) atoms. The maximum Gasteiger partial charge on any atom is 0.303 e. The fourth-order valence-electron chi connectivity index (χ4n) is 2.13. The fraction of sp³-hybridized carbons (Fsp3) is 0.833. The molecule has 2 heteroatoms. The quantitative estimate of drug-likeness (QED) is 0.291. The zero-order valence-corrected chi connectivity index (χ0v) is 12.7. The Hall–Kier alpha value is -0.790. The number of carboxylic acids is 1. The molecule has 0 aromatic carbocycles. The van der Waals surface area contributed by atoms with Gasteiger partial charge in [0.05, 0.1) is 0 Å². The first kappa shape index (κ1) is 11.8. The maximum absolute atomic E-state index is 10.4. The third kappa shape index (κ3) is 17.2. The summed E-state index contributed by atoms with van der Waals surface area (Å²) >= 11 is 0. The van der Waals surface area contributed by atoms with Gasteiger partial charge < -0.3 is 5.11 Å². The number of aliphatic carboxylic acids is 1. The molecule has 0 unspecified atom stereocenters. The van der Waals surface area contributed by atoms with Crippen molar-refractivity contribution >= 4 is 5.97 Å². The highest BCUT2D eigenvalue weighted by Crippen LogP contribution is 2.09. The lowest BCUT2D eigenvalue weighted by Crippen LogP contribution is -1.93. The van der Waals surface area contributed by atoms with Gasteiger partial charge in [-0.25, -0.2) is 0 Å². The topological polar surface area (TPSA) is 37.3 Å². The van der Waals surface area contributed by atoms with Crippen molar-refractivity contribution in [2.24, 2.45) is 0 Å². The van der Waals surface area contributed by atoms with Gasteiger partial charge in [0.1, 0.15) is 0 Å². The smallest absolute Gasteiger partial charge is 0.303 e. The van der Waals surface area contributed by atoms with Crippen molar-refractivity contribution in [3.63, 3.8) is 0 Å². The molecule has 0 aliphatic rings. The van der Waals surface area contributed by atoms with E-state index in [9.17, 15) is 4.79 Å². The highest BCUT2D eigenvalue weighted by Gasteiger charge is 1.95. The Morgan fingerprint density at radius 1 is 0.900 bits per heavy atom. The molecule has 0 spiro atoms. The highest BCUT2D eigenvalue weighted by atomic mass is 16.4. The van der Waals surface area contributed by atoms with Crippen molar-refractivity contribution in [2.45, 2.75) is 96.7 Å². The largest absolute Gasteiger partial charge is 0.481 e. The first-order valence-electron chi connectivity index (χ1n) is 10.5. The lowest BCUT2D eigenvalue weighted by Gasteiger charge is -1.99. The third-order valence-electron chi connectivity index (χ3n) is 3.35. The average molecular weight is 287 g/mol. The zero-order valence-electron chi connectivity index (χ0n) is 17.7. The van der Waals surface area contributed by atoms with Gasteiger partial charge in [-0.3, -0.25) is 4.79 Å². The van der Waals surface area contributed by atoms with Gasteiger partial charge in [0.2, 0.25) is 0 Å². The Bertz CT molecular complexity index is 378. The summed E-state index contributed by atoms with van der Waals surface area (Å²) in [4.78, 5) is 10.4. The first-order valence-corrected chi connectivity index (χ1v) is 8.03. The maximum atomic E-state index is 10.4. The summed E-state index contributed by atoms with van der Waals surface area (Å²) in [6, 6.07) is 0. The first-order chi connectivity index (χ1) is 11.7. The molecule has 0 saturated carbocycles. The van der Waals surface area contributed by atoms with Gasteiger partial charge in [0.25, 0.3) is 0 Å². The summed E-state index contributed by atoms with van der Waals surface area (Å²) < 4.78 is 36.5. The molecule has 118 valence electrons. The van der Waals surface area contributed by atoms with Crippen molar-refractivity contribution in [1.29, 1.82) is 0 Å². The molecule has 0 amide bonds. The highest BCUT2D eigenvalue weighted by molar-refractivity contribution is 5.66. The number of rotatable bonds is 15. The zero-order chi connectivity index (χ0) is 19.2. The van der Waals surface area contributed by atoms with E-state index in [1.54, 1.807) is 0 Å². The van der Waals surface area contributed by atoms with E-state index in [0.717, 1.165) is 64.2 Å². The summed E-state index contributed by atoms with van der Waals surface area (Å²) in [7, 11) is 0. The summed E-state index contributed by atoms with van der Waals surface area (Å²) in [6.07, 6.45) is 13.5. The molecule has 0 aliphatic carbocycles. The third-order valence-corrected chi connectivity index (χ3v) is 3.35. The van der Waals surface area contributed by atoms with E-state index in [2.05, 4.69) is 12.2 Å². The van der Waals surface area contributed by atoms with E-state index in [-0.39, 0.29) is 12.8 Å². The predicted octanol–water partition coefficient (Wildman–Crippen LogP) is 6.11. The van der Waals surface area contributed by atoms with Crippen LogP contribution in [0.2, 0.25) is 0 Å². The Balaban J connectivity index is 3.38. The molecule has 0 aliphatic heterocycles. The van der Waals surface area contributed by atoms with E-state index in [4.69, 9.17) is 12.0 Å². The van der Waals surface area contributed by atoms with Gasteiger partial charge >= 0.3 is 5.97 Å². The summed E-state index contributed by atoms with van der Waals surface area (Å²) in [5, 5.41) is 8.52. The van der Waals surface area contributed by atoms with Crippen molar-refractivity contribution in [3.8, 4) is 0 Å². The van der Waals surface area contributed by atoms with Crippen LogP contribution in [0, 0.1) is 0 Å². The molecule has 0 fully saturated rings. The second-order valence-corrected chi connectivity index (χ2v) is 5.30. The number of carbonyl (C=O) groups is 1. The van der Waals surface area contributed by atoms with Gasteiger partial charge in [-0.1, -0.05) is 70.3 Å². The van der Waals surface area contributed by atoms with Crippen molar-refractivity contribution < 1.29 is 16.8 Å². The van der Waals surface area contributed by atoms with E-state index in [0.29, 0.717) is 6.42 Å². The van der Waals surface area contributed by atoms with Crippen LogP contribution in [0.1, 0.15) is 104 Å². The molecule has 2 nitrogen and oxygen atoms in total. The van der Waals surface area contributed by atoms with Crippen molar-refractivity contribution in [2.75, 3.05) is 0 Å². The summed E-state index contributed by atoms with van der Waals surface area (Å²) in [6.45, 7) is -2.52. The summed E-state index contributed by atoms with van der Waals surface area (Å²) in [5.41, 5.74) is 0. The summed E-state index contributed by atoms with van der Waals surface area (Å²) in [5.74, 6) is -0.709. The standard InChI is InChI=1S/C18H34O2/c1-2-3-4-5-6-7-8-9-10-11-12-13-14-15-16-17-18(19)20/h9-10H,2-8,11-17H2,1H3,(H,19,20)/b10-9-/i1D3,2D2. The lowest BCUT2D eigenvalue weighted by atomic mass is 10.1. The Morgan fingerprint density at radius 2 is 1.40 bits per heavy atom. The van der Waals surface area contributed by atoms with Crippen LogP contribution in [0.4, 0.5) is 0 Å². The number of unbranched alkanes of at least 4 members (excludes halogenated alkanes) is 9. The number of hydrogen-bond donors (Lipinski definition) is 1. The van der Waals surface area contributed by atoms with Crippen LogP contribution in [0.25, 0.3) is 0 Å². The lowest BCUT2D eigenvalue weighted by molar-refractivity contribution is -0.137. The molecule has 0 aromatic rings. The van der Waals surface area contributed by atoms with Crippen LogP contribution < -0.4 is 0 Å². The Labute approximate surface area is 132 Å². The van der Waals surface area contributed by atoms with Gasteiger partial charge in [0.15, 0.2) is 0 Å². The average Bonchev–Trinajstić information content (AvgIpc) is 2.49. The minimum atomic E-state index is -2.52. The van der Waals surface area contributed by atoms with Crippen LogP contribution in [0.3, 0.4) is 0 Å². The SMILES string of the molecule is [2H]C([2H])([2H])C([2H])([2H])CCCCCC/C=C\CCCCCCCC(=O)O. The molecule has 0 aromatic heterocycles. The van der Waals surface area contributed by atoms with Gasteiger partial charge in [0, 0.05) is 13.3 Å². The molecule has 1 N–H and O–H groups in total. The van der Waals surface area contributed by atoms with Crippen molar-refractivity contribution in [3.05, 3.63) is 12.2 Å². The second-order valence-electron chi connectivity index (χ2n) is 5.30. The van der Waals surface area contributed by atoms with Gasteiger partial charge in [-0.2, -0.15) is 0 Å². The van der Waals surface area contributed by atoms with Gasteiger partial charge in [-0.15, -0.1) is 0 Å². The molecule has 0 radical (unpaired) electrons. The monoisotopic (exact) mass is 287 g/mol. The predicted molar refractivity (Wildman–Crippen MR) is 87.1 cm³/mol. The van der Waals surface area contributed by atoms with Crippen LogP contribution in [-0.4, -0.2) is 11.1 Å². The van der Waals surface area contributed by atoms with E-state index >= 15 is 0 Å². The van der Waals surface area contributed by atoms with Crippen LogP contribution in [-0.2, 0) is 4.79 Å². The van der Waals surface area contributed by atoms with E-state index < -0.39 is 19.2 Å². The normalized spacial score (nSPS) is 16.3. The Kier molecular flexibility index (Phi) is 9.62.